The van der Waals surface area contributed by atoms with E-state index in [1.807, 2.05) is 0 Å². The van der Waals surface area contributed by atoms with Crippen LogP contribution in [-0.2, 0) is 4.74 Å². The van der Waals surface area contributed by atoms with E-state index in [1.54, 1.807) is 7.11 Å². The van der Waals surface area contributed by atoms with E-state index < -0.39 is 0 Å². The highest BCUT2D eigenvalue weighted by Gasteiger charge is 2.28. The van der Waals surface area contributed by atoms with Crippen molar-refractivity contribution in [2.24, 2.45) is 5.41 Å². The third-order valence-electron chi connectivity index (χ3n) is 2.41. The Morgan fingerprint density at radius 1 is 1.45 bits per heavy atom. The predicted molar refractivity (Wildman–Crippen MR) is 54.8 cm³/mol. The van der Waals surface area contributed by atoms with Crippen LogP contribution in [0.4, 0.5) is 0 Å². The number of hydrogen-bond donors (Lipinski definition) is 0. The van der Waals surface area contributed by atoms with Crippen molar-refractivity contribution in [1.82, 2.24) is 3.11 Å². The van der Waals surface area contributed by atoms with Crippen LogP contribution in [0, 0.1) is 5.41 Å². The molecule has 2 nitrogen and oxygen atoms in total. The van der Waals surface area contributed by atoms with E-state index in [0.29, 0.717) is 5.41 Å². The minimum absolute atomic E-state index is 0.441. The van der Waals surface area contributed by atoms with Gasteiger partial charge in [0.2, 0.25) is 0 Å². The molecule has 1 fully saturated rings. The first-order valence-corrected chi connectivity index (χ1v) is 5.02. The van der Waals surface area contributed by atoms with Gasteiger partial charge in [-0.1, -0.05) is 6.92 Å². The van der Waals surface area contributed by atoms with Gasteiger partial charge < -0.3 is 4.74 Å². The summed E-state index contributed by atoms with van der Waals surface area (Å²) in [6.45, 7) is 5.65. The van der Waals surface area contributed by atoms with Gasteiger partial charge >= 0.3 is 0 Å². The minimum Gasteiger partial charge on any atom is -0.384 e. The zero-order chi connectivity index (χ0) is 8.32. The molecule has 0 bridgehead atoms. The first kappa shape index (κ1) is 9.74. The smallest absolute Gasteiger partial charge is 0.0516 e. The van der Waals surface area contributed by atoms with Crippen molar-refractivity contribution in [1.29, 1.82) is 0 Å². The fraction of sp³-hybridized carbons (Fsp3) is 1.00. The van der Waals surface area contributed by atoms with Gasteiger partial charge in [-0.05, 0) is 18.3 Å². The molecule has 0 aromatic carbocycles. The van der Waals surface area contributed by atoms with Gasteiger partial charge in [0.05, 0.1) is 6.61 Å². The molecule has 66 valence electrons. The maximum Gasteiger partial charge on any atom is 0.0516 e. The van der Waals surface area contributed by atoms with Gasteiger partial charge in [-0.2, -0.15) is 0 Å². The average Bonchev–Trinajstić information content (AvgIpc) is 1.97. The molecule has 1 aliphatic rings. The number of hydrogen-bond acceptors (Lipinski definition) is 2. The van der Waals surface area contributed by atoms with Crippen molar-refractivity contribution in [3.8, 4) is 0 Å². The van der Waals surface area contributed by atoms with E-state index in [2.05, 4.69) is 32.9 Å². The lowest BCUT2D eigenvalue weighted by Crippen LogP contribution is -2.36. The van der Waals surface area contributed by atoms with Crippen LogP contribution in [0.5, 0.6) is 0 Å². The first-order valence-electron chi connectivity index (χ1n) is 4.06. The van der Waals surface area contributed by atoms with Crippen molar-refractivity contribution < 1.29 is 4.74 Å². The Kier molecular flexibility index (Phi) is 3.58. The van der Waals surface area contributed by atoms with Gasteiger partial charge in [-0.15, -0.1) is 0 Å². The molecule has 0 atom stereocenters. The van der Waals surface area contributed by atoms with E-state index in [1.165, 1.54) is 25.9 Å². The van der Waals surface area contributed by atoms with Crippen LogP contribution in [0.1, 0.15) is 19.8 Å². The molecule has 1 heterocycles. The van der Waals surface area contributed by atoms with Crippen molar-refractivity contribution in [3.63, 3.8) is 0 Å². The molecule has 11 heavy (non-hydrogen) atoms. The van der Waals surface area contributed by atoms with Crippen LogP contribution in [0.15, 0.2) is 0 Å². The Bertz CT molecular complexity index is 121. The summed E-state index contributed by atoms with van der Waals surface area (Å²) < 4.78 is 7.55. The van der Waals surface area contributed by atoms with Gasteiger partial charge in [0.25, 0.3) is 0 Å². The van der Waals surface area contributed by atoms with Gasteiger partial charge in [0, 0.05) is 43.1 Å². The van der Waals surface area contributed by atoms with Crippen molar-refractivity contribution in [2.75, 3.05) is 26.8 Å². The highest BCUT2D eigenvalue weighted by atomic mass is 127. The van der Waals surface area contributed by atoms with Crippen molar-refractivity contribution in [2.45, 2.75) is 19.8 Å². The van der Waals surface area contributed by atoms with E-state index in [0.717, 1.165) is 6.61 Å². The first-order chi connectivity index (χ1) is 5.16. The molecule has 1 saturated heterocycles. The second-order valence-electron chi connectivity index (χ2n) is 3.65. The largest absolute Gasteiger partial charge is 0.384 e. The third-order valence-corrected chi connectivity index (χ3v) is 3.37. The Labute approximate surface area is 82.8 Å². The zero-order valence-electron chi connectivity index (χ0n) is 7.27. The normalized spacial score (nSPS) is 25.4. The number of piperidine rings is 1. The average molecular weight is 269 g/mol. The summed E-state index contributed by atoms with van der Waals surface area (Å²) in [6, 6.07) is 0. The zero-order valence-corrected chi connectivity index (χ0v) is 9.43. The molecule has 0 amide bonds. The summed E-state index contributed by atoms with van der Waals surface area (Å²) in [7, 11) is 1.79. The molecular formula is C8H16INO. The molecule has 0 aromatic heterocycles. The molecule has 0 N–H and O–H groups in total. The Morgan fingerprint density at radius 3 is 2.45 bits per heavy atom. The summed E-state index contributed by atoms with van der Waals surface area (Å²) in [4.78, 5) is 0. The monoisotopic (exact) mass is 269 g/mol. The van der Waals surface area contributed by atoms with Gasteiger partial charge in [0.1, 0.15) is 0 Å². The number of ether oxygens (including phenoxy) is 1. The van der Waals surface area contributed by atoms with E-state index in [9.17, 15) is 0 Å². The highest BCUT2D eigenvalue weighted by Crippen LogP contribution is 2.31. The Hall–Kier alpha value is 0.650. The Morgan fingerprint density at radius 2 is 2.00 bits per heavy atom. The molecule has 0 unspecified atom stereocenters. The third kappa shape index (κ3) is 2.87. The number of nitrogens with zero attached hydrogens (tertiary/aromatic N) is 1. The lowest BCUT2D eigenvalue weighted by molar-refractivity contribution is 0.0577. The molecule has 0 aromatic rings. The van der Waals surface area contributed by atoms with Crippen LogP contribution in [-0.4, -0.2) is 29.9 Å². The summed E-state index contributed by atoms with van der Waals surface area (Å²) in [5.74, 6) is 0. The highest BCUT2D eigenvalue weighted by molar-refractivity contribution is 14.1. The molecule has 1 aliphatic heterocycles. The van der Waals surface area contributed by atoms with E-state index in [4.69, 9.17) is 4.74 Å². The minimum atomic E-state index is 0.441. The number of methoxy groups -OCH3 is 1. The second kappa shape index (κ2) is 4.05. The van der Waals surface area contributed by atoms with Gasteiger partial charge in [-0.25, -0.2) is 3.11 Å². The SMILES string of the molecule is COCC1(C)CCN(I)CC1. The number of rotatable bonds is 2. The number of halogens is 1. The van der Waals surface area contributed by atoms with Crippen LogP contribution in [0.3, 0.4) is 0 Å². The molecule has 0 spiro atoms. The summed E-state index contributed by atoms with van der Waals surface area (Å²) in [5.41, 5.74) is 0.441. The topological polar surface area (TPSA) is 12.5 Å². The molecular weight excluding hydrogens is 253 g/mol. The predicted octanol–water partition coefficient (Wildman–Crippen LogP) is 2.08. The van der Waals surface area contributed by atoms with Crippen LogP contribution < -0.4 is 0 Å². The van der Waals surface area contributed by atoms with Crippen LogP contribution in [0.2, 0.25) is 0 Å². The maximum atomic E-state index is 5.20. The van der Waals surface area contributed by atoms with Gasteiger partial charge in [-0.3, -0.25) is 0 Å². The summed E-state index contributed by atoms with van der Waals surface area (Å²) in [5, 5.41) is 0. The van der Waals surface area contributed by atoms with E-state index >= 15 is 0 Å². The fourth-order valence-electron chi connectivity index (χ4n) is 1.51. The molecule has 0 aliphatic carbocycles. The van der Waals surface area contributed by atoms with Gasteiger partial charge in [0.15, 0.2) is 0 Å². The lowest BCUT2D eigenvalue weighted by Gasteiger charge is -2.36. The van der Waals surface area contributed by atoms with Crippen LogP contribution >= 0.6 is 22.9 Å². The summed E-state index contributed by atoms with van der Waals surface area (Å²) in [6.07, 6.45) is 2.54. The van der Waals surface area contributed by atoms with Crippen molar-refractivity contribution >= 4 is 22.9 Å². The molecule has 0 saturated carbocycles. The van der Waals surface area contributed by atoms with Crippen LogP contribution in [0.25, 0.3) is 0 Å². The van der Waals surface area contributed by atoms with E-state index in [-0.39, 0.29) is 0 Å². The Balaban J connectivity index is 2.35. The molecule has 3 heteroatoms. The maximum absolute atomic E-state index is 5.20. The lowest BCUT2D eigenvalue weighted by atomic mass is 9.82. The quantitative estimate of drug-likeness (QED) is 0.562. The molecule has 1 rings (SSSR count). The second-order valence-corrected chi connectivity index (χ2v) is 5.02. The standard InChI is InChI=1S/C8H16INO/c1-8(7-11-2)3-5-10(9)6-4-8/h3-7H2,1-2H3. The summed E-state index contributed by atoms with van der Waals surface area (Å²) >= 11 is 2.39. The fourth-order valence-corrected chi connectivity index (χ4v) is 1.99. The van der Waals surface area contributed by atoms with Crippen molar-refractivity contribution in [3.05, 3.63) is 0 Å². The molecule has 0 radical (unpaired) electrons.